The van der Waals surface area contributed by atoms with Crippen LogP contribution in [0.4, 0.5) is 4.39 Å². The fourth-order valence-corrected chi connectivity index (χ4v) is 4.47. The number of sulfonamides is 1. The van der Waals surface area contributed by atoms with Gasteiger partial charge in [-0.15, -0.1) is 0 Å². The van der Waals surface area contributed by atoms with E-state index in [0.717, 1.165) is 0 Å². The summed E-state index contributed by atoms with van der Waals surface area (Å²) in [6.07, 6.45) is 0.0250. The van der Waals surface area contributed by atoms with E-state index in [9.17, 15) is 22.7 Å². The van der Waals surface area contributed by atoms with Crippen molar-refractivity contribution in [2.45, 2.75) is 44.6 Å². The summed E-state index contributed by atoms with van der Waals surface area (Å²) in [5.74, 6) is -1.03. The van der Waals surface area contributed by atoms with Crippen LogP contribution in [0.5, 0.6) is 0 Å². The van der Waals surface area contributed by atoms with Crippen molar-refractivity contribution in [1.29, 1.82) is 0 Å². The molecule has 0 radical (unpaired) electrons. The molecule has 0 heterocycles. The SMILES string of the molecule is CCOC(=O)/C(CCO)=C(\c1ccc(F)cc1)c1ccc(S(=O)(=O)NC(C)(C)C)cc1. The Hall–Kier alpha value is -2.55. The number of esters is 1. The molecule has 2 aromatic carbocycles. The fourth-order valence-electron chi connectivity index (χ4n) is 3.05. The van der Waals surface area contributed by atoms with Gasteiger partial charge in [0.1, 0.15) is 5.82 Å². The van der Waals surface area contributed by atoms with E-state index < -0.39 is 27.3 Å². The molecule has 0 aromatic heterocycles. The highest BCUT2D eigenvalue weighted by Crippen LogP contribution is 2.30. The topological polar surface area (TPSA) is 92.7 Å². The molecule has 0 bridgehead atoms. The Balaban J connectivity index is 2.63. The number of ether oxygens (including phenoxy) is 1. The summed E-state index contributed by atoms with van der Waals surface area (Å²) < 4.78 is 46.4. The number of aliphatic hydroxyl groups excluding tert-OH is 1. The van der Waals surface area contributed by atoms with Gasteiger partial charge in [0, 0.05) is 24.1 Å². The van der Waals surface area contributed by atoms with Crippen molar-refractivity contribution in [2.24, 2.45) is 0 Å². The zero-order chi connectivity index (χ0) is 23.2. The normalized spacial score (nSPS) is 13.0. The average molecular weight is 450 g/mol. The van der Waals surface area contributed by atoms with Gasteiger partial charge in [-0.25, -0.2) is 22.3 Å². The minimum atomic E-state index is -3.73. The van der Waals surface area contributed by atoms with E-state index in [1.54, 1.807) is 39.8 Å². The van der Waals surface area contributed by atoms with Crippen molar-refractivity contribution < 1.29 is 27.4 Å². The molecule has 31 heavy (non-hydrogen) atoms. The summed E-state index contributed by atoms with van der Waals surface area (Å²) in [6, 6.07) is 11.6. The number of benzene rings is 2. The van der Waals surface area contributed by atoms with Crippen LogP contribution >= 0.6 is 0 Å². The van der Waals surface area contributed by atoms with Crippen molar-refractivity contribution in [3.63, 3.8) is 0 Å². The summed E-state index contributed by atoms with van der Waals surface area (Å²) in [5.41, 5.74) is 1.10. The van der Waals surface area contributed by atoms with E-state index in [1.807, 2.05) is 0 Å². The molecule has 8 heteroatoms. The van der Waals surface area contributed by atoms with Crippen LogP contribution in [0.15, 0.2) is 59.0 Å². The van der Waals surface area contributed by atoms with Crippen LogP contribution in [-0.4, -0.2) is 38.2 Å². The summed E-state index contributed by atoms with van der Waals surface area (Å²) >= 11 is 0. The molecule has 0 unspecified atom stereocenters. The molecule has 6 nitrogen and oxygen atoms in total. The lowest BCUT2D eigenvalue weighted by Gasteiger charge is -2.20. The number of nitrogens with one attached hydrogen (secondary N) is 1. The number of carbonyl (C=O) groups is 1. The van der Waals surface area contributed by atoms with Crippen molar-refractivity contribution in [3.05, 3.63) is 71.0 Å². The van der Waals surface area contributed by atoms with Gasteiger partial charge in [-0.2, -0.15) is 0 Å². The van der Waals surface area contributed by atoms with Crippen molar-refractivity contribution in [2.75, 3.05) is 13.2 Å². The Morgan fingerprint density at radius 3 is 2.00 bits per heavy atom. The van der Waals surface area contributed by atoms with E-state index in [0.29, 0.717) is 16.7 Å². The van der Waals surface area contributed by atoms with Crippen LogP contribution < -0.4 is 4.72 Å². The molecule has 2 N–H and O–H groups in total. The molecule has 0 amide bonds. The Labute approximate surface area is 182 Å². The summed E-state index contributed by atoms with van der Waals surface area (Å²) in [5, 5.41) is 9.51. The van der Waals surface area contributed by atoms with Gasteiger partial charge in [-0.05, 0) is 68.7 Å². The molecule has 0 saturated carbocycles. The Morgan fingerprint density at radius 1 is 1.03 bits per heavy atom. The highest BCUT2D eigenvalue weighted by Gasteiger charge is 2.23. The molecule has 0 fully saturated rings. The van der Waals surface area contributed by atoms with Gasteiger partial charge in [0.2, 0.25) is 10.0 Å². The maximum absolute atomic E-state index is 13.5. The molecule has 0 aliphatic carbocycles. The first-order valence-electron chi connectivity index (χ1n) is 9.90. The first kappa shape index (κ1) is 24.7. The molecule has 2 aromatic rings. The molecular formula is C23H28FNO5S. The zero-order valence-corrected chi connectivity index (χ0v) is 18.9. The van der Waals surface area contributed by atoms with E-state index >= 15 is 0 Å². The Kier molecular flexibility index (Phi) is 8.11. The molecule has 0 aliphatic heterocycles. The highest BCUT2D eigenvalue weighted by molar-refractivity contribution is 7.89. The number of carbonyl (C=O) groups excluding carboxylic acids is 1. The number of aliphatic hydroxyl groups is 1. The molecular weight excluding hydrogens is 421 g/mol. The molecule has 168 valence electrons. The lowest BCUT2D eigenvalue weighted by molar-refractivity contribution is -0.138. The van der Waals surface area contributed by atoms with Gasteiger partial charge in [0.05, 0.1) is 11.5 Å². The largest absolute Gasteiger partial charge is 0.463 e. The zero-order valence-electron chi connectivity index (χ0n) is 18.1. The van der Waals surface area contributed by atoms with Crippen LogP contribution in [0, 0.1) is 5.82 Å². The van der Waals surface area contributed by atoms with E-state index in [2.05, 4.69) is 4.72 Å². The van der Waals surface area contributed by atoms with E-state index in [-0.39, 0.29) is 30.1 Å². The Bertz CT molecular complexity index is 1040. The number of rotatable bonds is 8. The second kappa shape index (κ2) is 10.2. The van der Waals surface area contributed by atoms with Gasteiger partial charge < -0.3 is 9.84 Å². The standard InChI is InChI=1S/C23H28FNO5S/c1-5-30-22(27)20(14-15-26)21(16-6-10-18(24)11-7-16)17-8-12-19(13-9-17)31(28,29)25-23(2,3)4/h6-13,25-26H,5,14-15H2,1-4H3/b21-20+. The van der Waals surface area contributed by atoms with Gasteiger partial charge in [-0.3, -0.25) is 0 Å². The third kappa shape index (κ3) is 6.72. The third-order valence-electron chi connectivity index (χ3n) is 4.21. The molecule has 0 aliphatic rings. The number of halogens is 1. The van der Waals surface area contributed by atoms with Gasteiger partial charge in [0.25, 0.3) is 0 Å². The summed E-state index contributed by atoms with van der Waals surface area (Å²) in [6.45, 7) is 6.77. The van der Waals surface area contributed by atoms with Crippen LogP contribution in [0.1, 0.15) is 45.2 Å². The predicted molar refractivity (Wildman–Crippen MR) is 117 cm³/mol. The minimum absolute atomic E-state index is 0.0250. The van der Waals surface area contributed by atoms with Gasteiger partial charge >= 0.3 is 5.97 Å². The predicted octanol–water partition coefficient (Wildman–Crippen LogP) is 3.65. The van der Waals surface area contributed by atoms with Gasteiger partial charge in [-0.1, -0.05) is 24.3 Å². The van der Waals surface area contributed by atoms with Crippen LogP contribution in [0.2, 0.25) is 0 Å². The van der Waals surface area contributed by atoms with Crippen LogP contribution in [0.3, 0.4) is 0 Å². The lowest BCUT2D eigenvalue weighted by Crippen LogP contribution is -2.40. The lowest BCUT2D eigenvalue weighted by atomic mass is 9.91. The first-order valence-corrected chi connectivity index (χ1v) is 11.4. The summed E-state index contributed by atoms with van der Waals surface area (Å²) in [7, 11) is -3.73. The minimum Gasteiger partial charge on any atom is -0.463 e. The average Bonchev–Trinajstić information content (AvgIpc) is 2.68. The number of hydrogen-bond donors (Lipinski definition) is 2. The number of hydrogen-bond acceptors (Lipinski definition) is 5. The smallest absolute Gasteiger partial charge is 0.334 e. The second-order valence-electron chi connectivity index (χ2n) is 7.93. The maximum atomic E-state index is 13.5. The fraction of sp³-hybridized carbons (Fsp3) is 0.348. The Morgan fingerprint density at radius 2 is 1.55 bits per heavy atom. The third-order valence-corrected chi connectivity index (χ3v) is 5.99. The van der Waals surface area contributed by atoms with Crippen LogP contribution in [-0.2, 0) is 19.6 Å². The molecule has 0 saturated heterocycles. The first-order chi connectivity index (χ1) is 14.5. The van der Waals surface area contributed by atoms with Crippen LogP contribution in [0.25, 0.3) is 5.57 Å². The van der Waals surface area contributed by atoms with E-state index in [4.69, 9.17) is 4.74 Å². The van der Waals surface area contributed by atoms with Crippen molar-refractivity contribution in [3.8, 4) is 0 Å². The van der Waals surface area contributed by atoms with E-state index in [1.165, 1.54) is 36.4 Å². The summed E-state index contributed by atoms with van der Waals surface area (Å²) in [4.78, 5) is 12.7. The molecule has 0 spiro atoms. The maximum Gasteiger partial charge on any atom is 0.334 e. The molecule has 0 atom stereocenters. The highest BCUT2D eigenvalue weighted by atomic mass is 32.2. The van der Waals surface area contributed by atoms with Crippen molar-refractivity contribution in [1.82, 2.24) is 4.72 Å². The quantitative estimate of drug-likeness (QED) is 0.474. The monoisotopic (exact) mass is 449 g/mol. The van der Waals surface area contributed by atoms with Gasteiger partial charge in [0.15, 0.2) is 0 Å². The molecule has 2 rings (SSSR count). The second-order valence-corrected chi connectivity index (χ2v) is 9.62. The van der Waals surface area contributed by atoms with Crippen molar-refractivity contribution >= 4 is 21.6 Å².